The first-order valence-electron chi connectivity index (χ1n) is 8.65. The summed E-state index contributed by atoms with van der Waals surface area (Å²) in [6.07, 6.45) is 5.03. The van der Waals surface area contributed by atoms with Crippen molar-refractivity contribution in [3.05, 3.63) is 60.1 Å². The minimum absolute atomic E-state index is 0. The van der Waals surface area contributed by atoms with Gasteiger partial charge in [0.05, 0.1) is 16.2 Å². The van der Waals surface area contributed by atoms with Crippen LogP contribution in [-0.2, 0) is 11.8 Å². The van der Waals surface area contributed by atoms with Gasteiger partial charge in [0, 0.05) is 36.6 Å². The molecule has 0 aliphatic carbocycles. The molecule has 0 atom stereocenters. The van der Waals surface area contributed by atoms with E-state index in [4.69, 9.17) is 16.3 Å². The van der Waals surface area contributed by atoms with E-state index in [2.05, 4.69) is 20.3 Å². The summed E-state index contributed by atoms with van der Waals surface area (Å²) >= 11 is 7.90. The molecule has 4 rings (SSSR count). The second-order valence-corrected chi connectivity index (χ2v) is 7.58. The topological polar surface area (TPSA) is 81.9 Å². The largest absolute Gasteiger partial charge is 0.424 e. The number of rotatable bonds is 5. The van der Waals surface area contributed by atoms with Crippen LogP contribution in [0.4, 0.5) is 11.5 Å². The summed E-state index contributed by atoms with van der Waals surface area (Å²) in [6, 6.07) is 11.1. The summed E-state index contributed by atoms with van der Waals surface area (Å²) in [6.45, 7) is 1.35. The second-order valence-electron chi connectivity index (χ2n) is 6.16. The van der Waals surface area contributed by atoms with Gasteiger partial charge in [0.2, 0.25) is 0 Å². The van der Waals surface area contributed by atoms with E-state index in [0.717, 1.165) is 21.0 Å². The van der Waals surface area contributed by atoms with Crippen LogP contribution in [0.5, 0.6) is 5.75 Å². The average molecular weight is 462 g/mol. The third-order valence-corrected chi connectivity index (χ3v) is 5.62. The SMILES string of the molecule is CC(=O)Oc1cc(Sc2nccn2C)c(Cl)cc1Nc1ncnc2ccccc12.Cl. The fourth-order valence-electron chi connectivity index (χ4n) is 2.73. The predicted molar refractivity (Wildman–Crippen MR) is 120 cm³/mol. The van der Waals surface area contributed by atoms with E-state index in [0.29, 0.717) is 22.3 Å². The highest BCUT2D eigenvalue weighted by molar-refractivity contribution is 7.99. The number of ether oxygens (including phenoxy) is 1. The van der Waals surface area contributed by atoms with Crippen LogP contribution in [0, 0.1) is 0 Å². The first kappa shape index (κ1) is 21.9. The number of anilines is 2. The number of para-hydroxylation sites is 1. The Labute approximate surface area is 188 Å². The Morgan fingerprint density at radius 1 is 1.20 bits per heavy atom. The number of benzene rings is 2. The Kier molecular flexibility index (Phi) is 6.81. The maximum Gasteiger partial charge on any atom is 0.308 e. The highest BCUT2D eigenvalue weighted by Crippen LogP contribution is 2.40. The zero-order valence-electron chi connectivity index (χ0n) is 16.0. The van der Waals surface area contributed by atoms with Gasteiger partial charge in [-0.25, -0.2) is 15.0 Å². The van der Waals surface area contributed by atoms with Crippen LogP contribution in [-0.4, -0.2) is 25.5 Å². The van der Waals surface area contributed by atoms with Crippen LogP contribution >= 0.6 is 35.8 Å². The molecule has 0 amide bonds. The van der Waals surface area contributed by atoms with Crippen molar-refractivity contribution in [3.63, 3.8) is 0 Å². The summed E-state index contributed by atoms with van der Waals surface area (Å²) in [7, 11) is 1.90. The van der Waals surface area contributed by atoms with Crippen LogP contribution < -0.4 is 10.1 Å². The van der Waals surface area contributed by atoms with Gasteiger partial charge in [-0.1, -0.05) is 23.7 Å². The molecule has 0 aliphatic rings. The molecule has 4 aromatic rings. The number of imidazole rings is 1. The van der Waals surface area contributed by atoms with Gasteiger partial charge in [-0.05, 0) is 36.0 Å². The molecular formula is C20H17Cl2N5O2S. The molecular weight excluding hydrogens is 445 g/mol. The lowest BCUT2D eigenvalue weighted by molar-refractivity contribution is -0.131. The van der Waals surface area contributed by atoms with Gasteiger partial charge < -0.3 is 14.6 Å². The van der Waals surface area contributed by atoms with Crippen LogP contribution in [0.1, 0.15) is 6.92 Å². The van der Waals surface area contributed by atoms with Gasteiger partial charge >= 0.3 is 5.97 Å². The van der Waals surface area contributed by atoms with E-state index >= 15 is 0 Å². The molecule has 2 aromatic heterocycles. The van der Waals surface area contributed by atoms with Crippen LogP contribution in [0.15, 0.2) is 65.2 Å². The summed E-state index contributed by atoms with van der Waals surface area (Å²) < 4.78 is 7.31. The predicted octanol–water partition coefficient (Wildman–Crippen LogP) is 5.26. The Morgan fingerprint density at radius 3 is 2.73 bits per heavy atom. The van der Waals surface area contributed by atoms with E-state index in [1.165, 1.54) is 25.0 Å². The Morgan fingerprint density at radius 2 is 2.00 bits per heavy atom. The number of aromatic nitrogens is 4. The fraction of sp³-hybridized carbons (Fsp3) is 0.100. The lowest BCUT2D eigenvalue weighted by atomic mass is 10.2. The van der Waals surface area contributed by atoms with Crippen molar-refractivity contribution in [3.8, 4) is 5.75 Å². The van der Waals surface area contributed by atoms with Crippen molar-refractivity contribution in [1.82, 2.24) is 19.5 Å². The monoisotopic (exact) mass is 461 g/mol. The zero-order valence-corrected chi connectivity index (χ0v) is 18.4. The van der Waals surface area contributed by atoms with Gasteiger partial charge in [0.25, 0.3) is 0 Å². The van der Waals surface area contributed by atoms with Crippen molar-refractivity contribution >= 4 is 64.1 Å². The molecule has 7 nitrogen and oxygen atoms in total. The molecule has 2 heterocycles. The molecule has 1 N–H and O–H groups in total. The normalized spacial score (nSPS) is 10.5. The van der Waals surface area contributed by atoms with Gasteiger partial charge in [-0.3, -0.25) is 4.79 Å². The lowest BCUT2D eigenvalue weighted by Crippen LogP contribution is -2.05. The van der Waals surface area contributed by atoms with Crippen LogP contribution in [0.3, 0.4) is 0 Å². The quantitative estimate of drug-likeness (QED) is 0.320. The number of hydrogen-bond acceptors (Lipinski definition) is 7. The summed E-state index contributed by atoms with van der Waals surface area (Å²) in [5, 5.41) is 5.32. The highest BCUT2D eigenvalue weighted by atomic mass is 35.5. The number of nitrogens with zero attached hydrogens (tertiary/aromatic N) is 4. The first-order valence-corrected chi connectivity index (χ1v) is 9.84. The first-order chi connectivity index (χ1) is 14.0. The molecule has 0 aliphatic heterocycles. The van der Waals surface area contributed by atoms with Crippen molar-refractivity contribution in [2.24, 2.45) is 7.05 Å². The summed E-state index contributed by atoms with van der Waals surface area (Å²) in [4.78, 5) is 25.3. The Balaban J connectivity index is 0.00000256. The van der Waals surface area contributed by atoms with E-state index in [9.17, 15) is 4.79 Å². The third kappa shape index (κ3) is 4.67. The number of hydrogen-bond donors (Lipinski definition) is 1. The van der Waals surface area contributed by atoms with E-state index in [1.807, 2.05) is 42.1 Å². The summed E-state index contributed by atoms with van der Waals surface area (Å²) in [5.41, 5.74) is 1.32. The molecule has 0 saturated carbocycles. The van der Waals surface area contributed by atoms with Crippen molar-refractivity contribution in [1.29, 1.82) is 0 Å². The fourth-order valence-corrected chi connectivity index (χ4v) is 3.85. The average Bonchev–Trinajstić information content (AvgIpc) is 3.10. The maximum absolute atomic E-state index is 11.7. The zero-order chi connectivity index (χ0) is 20.4. The number of aryl methyl sites for hydroxylation is 1. The maximum atomic E-state index is 11.7. The Bertz CT molecular complexity index is 1210. The highest BCUT2D eigenvalue weighted by Gasteiger charge is 2.16. The number of fused-ring (bicyclic) bond motifs is 1. The molecule has 0 saturated heterocycles. The van der Waals surface area contributed by atoms with E-state index < -0.39 is 5.97 Å². The molecule has 154 valence electrons. The minimum atomic E-state index is -0.434. The number of carbonyl (C=O) groups is 1. The van der Waals surface area contributed by atoms with Crippen LogP contribution in [0.25, 0.3) is 10.9 Å². The van der Waals surface area contributed by atoms with Crippen molar-refractivity contribution in [2.75, 3.05) is 5.32 Å². The Hall–Kier alpha value is -2.81. The minimum Gasteiger partial charge on any atom is -0.424 e. The molecule has 0 fully saturated rings. The number of halogens is 2. The molecule has 30 heavy (non-hydrogen) atoms. The van der Waals surface area contributed by atoms with Crippen molar-refractivity contribution < 1.29 is 9.53 Å². The summed E-state index contributed by atoms with van der Waals surface area (Å²) in [5.74, 6) is 0.502. The lowest BCUT2D eigenvalue weighted by Gasteiger charge is -2.15. The molecule has 0 unspecified atom stereocenters. The van der Waals surface area contributed by atoms with Gasteiger partial charge in [0.1, 0.15) is 12.1 Å². The molecule has 0 radical (unpaired) electrons. The van der Waals surface area contributed by atoms with Gasteiger partial charge in [-0.2, -0.15) is 0 Å². The number of nitrogens with one attached hydrogen (secondary N) is 1. The van der Waals surface area contributed by atoms with E-state index in [-0.39, 0.29) is 12.4 Å². The van der Waals surface area contributed by atoms with Crippen LogP contribution in [0.2, 0.25) is 5.02 Å². The number of carbonyl (C=O) groups excluding carboxylic acids is 1. The second kappa shape index (κ2) is 9.34. The molecule has 2 aromatic carbocycles. The van der Waals surface area contributed by atoms with Gasteiger partial charge in [-0.15, -0.1) is 12.4 Å². The van der Waals surface area contributed by atoms with E-state index in [1.54, 1.807) is 18.3 Å². The molecule has 10 heteroatoms. The smallest absolute Gasteiger partial charge is 0.308 e. The number of esters is 1. The standard InChI is InChI=1S/C20H16ClN5O2S.ClH/c1-12(27)28-17-10-18(29-20-22-7-8-26(20)2)14(21)9-16(17)25-19-13-5-3-4-6-15(13)23-11-24-19;/h3-11H,1-2H3,(H,23,24,25);1H. The van der Waals surface area contributed by atoms with Gasteiger partial charge in [0.15, 0.2) is 10.9 Å². The van der Waals surface area contributed by atoms with Crippen molar-refractivity contribution in [2.45, 2.75) is 17.0 Å². The third-order valence-electron chi connectivity index (χ3n) is 4.06. The molecule has 0 bridgehead atoms. The molecule has 0 spiro atoms.